The number of amides is 2. The van der Waals surface area contributed by atoms with Crippen LogP contribution in [0.1, 0.15) is 36.5 Å². The largest absolute Gasteiger partial charge is 0.490 e. The third-order valence-corrected chi connectivity index (χ3v) is 3.99. The molecule has 6 heteroatoms. The van der Waals surface area contributed by atoms with Gasteiger partial charge in [0, 0.05) is 17.3 Å². The van der Waals surface area contributed by atoms with Crippen molar-refractivity contribution in [3.63, 3.8) is 0 Å². The van der Waals surface area contributed by atoms with Gasteiger partial charge < -0.3 is 20.1 Å². The number of carbonyl (C=O) groups excluding carboxylic acids is 2. The summed E-state index contributed by atoms with van der Waals surface area (Å²) in [5.74, 6) is 0.719. The molecule has 2 N–H and O–H groups in total. The second-order valence-electron chi connectivity index (χ2n) is 6.46. The minimum Gasteiger partial charge on any atom is -0.490 e. The van der Waals surface area contributed by atoms with Crippen LogP contribution in [0, 0.1) is 0 Å². The van der Waals surface area contributed by atoms with Crippen LogP contribution < -0.4 is 20.1 Å². The van der Waals surface area contributed by atoms with E-state index in [4.69, 9.17) is 9.47 Å². The van der Waals surface area contributed by atoms with E-state index in [1.54, 1.807) is 30.3 Å². The molecule has 0 heterocycles. The molecule has 1 aliphatic carbocycles. The van der Waals surface area contributed by atoms with E-state index < -0.39 is 0 Å². The van der Waals surface area contributed by atoms with Crippen LogP contribution in [0.15, 0.2) is 48.5 Å². The van der Waals surface area contributed by atoms with Gasteiger partial charge in [0.25, 0.3) is 11.8 Å². The van der Waals surface area contributed by atoms with Gasteiger partial charge >= 0.3 is 0 Å². The summed E-state index contributed by atoms with van der Waals surface area (Å²) in [6.45, 7) is 2.46. The van der Waals surface area contributed by atoms with Crippen molar-refractivity contribution in [2.75, 3.05) is 18.5 Å². The molecule has 1 aliphatic rings. The monoisotopic (exact) mass is 368 g/mol. The Labute approximate surface area is 158 Å². The molecule has 1 saturated carbocycles. The lowest BCUT2D eigenvalue weighted by Gasteiger charge is -2.12. The SMILES string of the molecule is CCCOc1ccccc1OCC(=O)Nc1cccc(C(=O)NC2CC2)c1. The zero-order valence-corrected chi connectivity index (χ0v) is 15.4. The normalized spacial score (nSPS) is 12.9. The van der Waals surface area contributed by atoms with Crippen molar-refractivity contribution in [1.29, 1.82) is 0 Å². The number of carbonyl (C=O) groups is 2. The molecule has 0 aromatic heterocycles. The molecular formula is C21H24N2O4. The Morgan fingerprint density at radius 3 is 2.48 bits per heavy atom. The van der Waals surface area contributed by atoms with E-state index in [1.165, 1.54) is 0 Å². The highest BCUT2D eigenvalue weighted by Gasteiger charge is 2.23. The lowest BCUT2D eigenvalue weighted by atomic mass is 10.2. The van der Waals surface area contributed by atoms with Crippen LogP contribution in [0.5, 0.6) is 11.5 Å². The molecule has 142 valence electrons. The average Bonchev–Trinajstić information content (AvgIpc) is 3.49. The number of para-hydroxylation sites is 2. The van der Waals surface area contributed by atoms with Gasteiger partial charge in [0.15, 0.2) is 18.1 Å². The van der Waals surface area contributed by atoms with Gasteiger partial charge in [0.2, 0.25) is 0 Å². The maximum Gasteiger partial charge on any atom is 0.262 e. The van der Waals surface area contributed by atoms with Gasteiger partial charge in [-0.05, 0) is 49.6 Å². The zero-order valence-electron chi connectivity index (χ0n) is 15.4. The van der Waals surface area contributed by atoms with Gasteiger partial charge in [-0.25, -0.2) is 0 Å². The molecule has 0 bridgehead atoms. The van der Waals surface area contributed by atoms with Crippen LogP contribution in [-0.4, -0.2) is 31.1 Å². The van der Waals surface area contributed by atoms with Gasteiger partial charge in [0.1, 0.15) is 0 Å². The Morgan fingerprint density at radius 2 is 1.78 bits per heavy atom. The molecule has 2 amide bonds. The Morgan fingerprint density at radius 1 is 1.04 bits per heavy atom. The number of anilines is 1. The van der Waals surface area contributed by atoms with E-state index in [0.717, 1.165) is 19.3 Å². The fourth-order valence-electron chi connectivity index (χ4n) is 2.48. The van der Waals surface area contributed by atoms with Crippen molar-refractivity contribution < 1.29 is 19.1 Å². The van der Waals surface area contributed by atoms with Gasteiger partial charge in [-0.15, -0.1) is 0 Å². The number of nitrogens with one attached hydrogen (secondary N) is 2. The van der Waals surface area contributed by atoms with Crippen molar-refractivity contribution in [2.24, 2.45) is 0 Å². The summed E-state index contributed by atoms with van der Waals surface area (Å²) < 4.78 is 11.2. The molecule has 2 aromatic rings. The van der Waals surface area contributed by atoms with Crippen molar-refractivity contribution >= 4 is 17.5 Å². The fraction of sp³-hybridized carbons (Fsp3) is 0.333. The number of hydrogen-bond acceptors (Lipinski definition) is 4. The van der Waals surface area contributed by atoms with Gasteiger partial charge in [-0.3, -0.25) is 9.59 Å². The van der Waals surface area contributed by atoms with Crippen molar-refractivity contribution in [3.05, 3.63) is 54.1 Å². The standard InChI is InChI=1S/C21H24N2O4/c1-2-12-26-18-8-3-4-9-19(18)27-14-20(24)22-17-7-5-6-15(13-17)21(25)23-16-10-11-16/h3-9,13,16H,2,10-12,14H2,1H3,(H,22,24)(H,23,25). The van der Waals surface area contributed by atoms with Crippen molar-refractivity contribution in [1.82, 2.24) is 5.32 Å². The summed E-state index contributed by atoms with van der Waals surface area (Å²) in [5.41, 5.74) is 1.08. The van der Waals surface area contributed by atoms with Crippen LogP contribution >= 0.6 is 0 Å². The number of hydrogen-bond donors (Lipinski definition) is 2. The maximum atomic E-state index is 12.2. The summed E-state index contributed by atoms with van der Waals surface area (Å²) >= 11 is 0. The van der Waals surface area contributed by atoms with E-state index in [-0.39, 0.29) is 18.4 Å². The predicted molar refractivity (Wildman–Crippen MR) is 103 cm³/mol. The highest BCUT2D eigenvalue weighted by Crippen LogP contribution is 2.26. The third-order valence-electron chi connectivity index (χ3n) is 3.99. The molecule has 0 radical (unpaired) electrons. The van der Waals surface area contributed by atoms with Crippen molar-refractivity contribution in [3.8, 4) is 11.5 Å². The first-order valence-corrected chi connectivity index (χ1v) is 9.21. The Kier molecular flexibility index (Phi) is 6.30. The number of benzene rings is 2. The summed E-state index contributed by atoms with van der Waals surface area (Å²) in [5, 5.41) is 5.68. The number of rotatable bonds is 9. The molecule has 0 spiro atoms. The van der Waals surface area contributed by atoms with Crippen LogP contribution in [0.4, 0.5) is 5.69 Å². The summed E-state index contributed by atoms with van der Waals surface area (Å²) in [7, 11) is 0. The average molecular weight is 368 g/mol. The molecule has 0 atom stereocenters. The molecule has 0 unspecified atom stereocenters. The molecule has 3 rings (SSSR count). The van der Waals surface area contributed by atoms with E-state index in [1.807, 2.05) is 25.1 Å². The molecule has 27 heavy (non-hydrogen) atoms. The Bertz CT molecular complexity index is 802. The first kappa shape index (κ1) is 18.8. The maximum absolute atomic E-state index is 12.2. The molecule has 0 aliphatic heterocycles. The van der Waals surface area contributed by atoms with E-state index in [9.17, 15) is 9.59 Å². The van der Waals surface area contributed by atoms with Gasteiger partial charge in [-0.2, -0.15) is 0 Å². The zero-order chi connectivity index (χ0) is 19.1. The smallest absolute Gasteiger partial charge is 0.262 e. The highest BCUT2D eigenvalue weighted by atomic mass is 16.5. The molecule has 6 nitrogen and oxygen atoms in total. The summed E-state index contributed by atoms with van der Waals surface area (Å²) in [6.07, 6.45) is 2.95. The van der Waals surface area contributed by atoms with Crippen LogP contribution in [0.3, 0.4) is 0 Å². The quantitative estimate of drug-likeness (QED) is 0.711. The predicted octanol–water partition coefficient (Wildman–Crippen LogP) is 3.39. The second-order valence-corrected chi connectivity index (χ2v) is 6.46. The third kappa shape index (κ3) is 5.74. The minimum atomic E-state index is -0.306. The Balaban J connectivity index is 1.54. The van der Waals surface area contributed by atoms with Gasteiger partial charge in [-0.1, -0.05) is 25.1 Å². The fourth-order valence-corrected chi connectivity index (χ4v) is 2.48. The number of ether oxygens (including phenoxy) is 2. The van der Waals surface area contributed by atoms with Crippen LogP contribution in [0.2, 0.25) is 0 Å². The first-order valence-electron chi connectivity index (χ1n) is 9.21. The first-order chi connectivity index (χ1) is 13.2. The van der Waals surface area contributed by atoms with Crippen LogP contribution in [-0.2, 0) is 4.79 Å². The lowest BCUT2D eigenvalue weighted by Crippen LogP contribution is -2.25. The molecule has 0 saturated heterocycles. The molecular weight excluding hydrogens is 344 g/mol. The molecule has 2 aromatic carbocycles. The summed E-state index contributed by atoms with van der Waals surface area (Å²) in [6, 6.07) is 14.4. The second kappa shape index (κ2) is 9.07. The Hall–Kier alpha value is -3.02. The van der Waals surface area contributed by atoms with E-state index in [2.05, 4.69) is 10.6 Å². The van der Waals surface area contributed by atoms with E-state index in [0.29, 0.717) is 35.4 Å². The highest BCUT2D eigenvalue weighted by molar-refractivity contribution is 5.97. The topological polar surface area (TPSA) is 76.7 Å². The van der Waals surface area contributed by atoms with Crippen molar-refractivity contribution in [2.45, 2.75) is 32.2 Å². The molecule has 1 fully saturated rings. The minimum absolute atomic E-state index is 0.119. The van der Waals surface area contributed by atoms with Gasteiger partial charge in [0.05, 0.1) is 6.61 Å². The van der Waals surface area contributed by atoms with E-state index >= 15 is 0 Å². The summed E-state index contributed by atoms with van der Waals surface area (Å²) in [4.78, 5) is 24.3. The van der Waals surface area contributed by atoms with Crippen LogP contribution in [0.25, 0.3) is 0 Å². The lowest BCUT2D eigenvalue weighted by molar-refractivity contribution is -0.118.